The Labute approximate surface area is 157 Å². The number of nitrogens with one attached hydrogen (secondary N) is 1. The number of aliphatic hydroxyl groups is 1. The van der Waals surface area contributed by atoms with Gasteiger partial charge in [-0.15, -0.1) is 0 Å². The first-order chi connectivity index (χ1) is 12.1. The molecular formula is C18H32N2O5S. The number of carbonyl (C=O) groups excluding carboxylic acids is 1. The number of carbonyl (C=O) groups is 1. The maximum Gasteiger partial charge on any atom is 0.304 e. The number of nitrogens with zero attached hydrogens (tertiary/aromatic N) is 1. The Kier molecular flexibility index (Phi) is 10.9. The molecule has 0 atom stereocenters. The molecule has 1 aliphatic rings. The van der Waals surface area contributed by atoms with Crippen LogP contribution < -0.4 is 4.72 Å². The molecule has 2 N–H and O–H groups in total. The van der Waals surface area contributed by atoms with Gasteiger partial charge in [0.25, 0.3) is 0 Å². The van der Waals surface area contributed by atoms with Gasteiger partial charge < -0.3 is 9.84 Å². The standard InChI is InChI=1S/C16H26N2O5S.C2H6/c1-12(2)6-5-9-23-14(4)7-8-15(19)13(3)10-18-11-16(20)17-24(18,21)22;1-2/h7-8,12,19H,4-6,9-11H2,1-3H3,(H,17,20);1-2H3/b8-7-,15-13-;. The van der Waals surface area contributed by atoms with Crippen molar-refractivity contribution in [3.63, 3.8) is 0 Å². The number of aliphatic hydroxyl groups excluding tert-OH is 1. The molecule has 7 nitrogen and oxygen atoms in total. The molecule has 0 aromatic heterocycles. The quantitative estimate of drug-likeness (QED) is 0.359. The summed E-state index contributed by atoms with van der Waals surface area (Å²) in [7, 11) is -3.80. The summed E-state index contributed by atoms with van der Waals surface area (Å²) in [4.78, 5) is 11.2. The summed E-state index contributed by atoms with van der Waals surface area (Å²) in [5.74, 6) is 0.372. The van der Waals surface area contributed by atoms with Gasteiger partial charge in [-0.3, -0.25) is 4.79 Å². The lowest BCUT2D eigenvalue weighted by molar-refractivity contribution is -0.118. The molecule has 1 heterocycles. The van der Waals surface area contributed by atoms with Gasteiger partial charge in [0, 0.05) is 6.54 Å². The van der Waals surface area contributed by atoms with Crippen LogP contribution in [0.15, 0.2) is 35.8 Å². The highest BCUT2D eigenvalue weighted by Gasteiger charge is 2.33. The molecular weight excluding hydrogens is 356 g/mol. The third kappa shape index (κ3) is 9.05. The molecule has 26 heavy (non-hydrogen) atoms. The summed E-state index contributed by atoms with van der Waals surface area (Å²) in [6.45, 7) is 13.9. The van der Waals surface area contributed by atoms with Crippen LogP contribution in [0, 0.1) is 5.92 Å². The molecule has 8 heteroatoms. The predicted molar refractivity (Wildman–Crippen MR) is 104 cm³/mol. The Balaban J connectivity index is 0.00000301. The van der Waals surface area contributed by atoms with Crippen LogP contribution in [0.3, 0.4) is 0 Å². The van der Waals surface area contributed by atoms with Gasteiger partial charge in [0.2, 0.25) is 5.91 Å². The molecule has 1 rings (SSSR count). The Bertz CT molecular complexity index is 636. The van der Waals surface area contributed by atoms with E-state index < -0.39 is 16.1 Å². The molecule has 0 aromatic carbocycles. The second-order valence-corrected chi connectivity index (χ2v) is 7.82. The number of hydrogen-bond acceptors (Lipinski definition) is 5. The normalized spacial score (nSPS) is 17.5. The van der Waals surface area contributed by atoms with E-state index in [-0.39, 0.29) is 18.8 Å². The number of rotatable bonds is 9. The van der Waals surface area contributed by atoms with E-state index in [2.05, 4.69) is 20.4 Å². The fraction of sp³-hybridized carbons (Fsp3) is 0.611. The van der Waals surface area contributed by atoms with E-state index in [1.54, 1.807) is 6.92 Å². The van der Waals surface area contributed by atoms with Gasteiger partial charge in [0.05, 0.1) is 13.2 Å². The molecule has 1 fully saturated rings. The molecule has 0 saturated carbocycles. The molecule has 1 saturated heterocycles. The minimum Gasteiger partial charge on any atom is -0.508 e. The minimum atomic E-state index is -3.80. The molecule has 0 aliphatic carbocycles. The number of hydrogen-bond donors (Lipinski definition) is 2. The summed E-state index contributed by atoms with van der Waals surface area (Å²) >= 11 is 0. The van der Waals surface area contributed by atoms with E-state index in [0.29, 0.717) is 23.9 Å². The summed E-state index contributed by atoms with van der Waals surface area (Å²) < 4.78 is 31.5. The SMILES string of the molecule is C=C(/C=C\C(O)=C(/C)CN1CC(=O)NS1(=O)=O)OCCCC(C)C.CC. The van der Waals surface area contributed by atoms with Crippen LogP contribution in [-0.4, -0.2) is 43.4 Å². The van der Waals surface area contributed by atoms with Crippen LogP contribution in [-0.2, 0) is 19.7 Å². The first-order valence-electron chi connectivity index (χ1n) is 8.81. The monoisotopic (exact) mass is 388 g/mol. The molecule has 1 amide bonds. The van der Waals surface area contributed by atoms with Crippen molar-refractivity contribution < 1.29 is 23.1 Å². The van der Waals surface area contributed by atoms with E-state index in [0.717, 1.165) is 17.1 Å². The van der Waals surface area contributed by atoms with E-state index in [4.69, 9.17) is 4.74 Å². The van der Waals surface area contributed by atoms with Crippen molar-refractivity contribution in [3.8, 4) is 0 Å². The van der Waals surface area contributed by atoms with Crippen molar-refractivity contribution in [3.05, 3.63) is 35.8 Å². The van der Waals surface area contributed by atoms with Crippen molar-refractivity contribution in [1.82, 2.24) is 9.03 Å². The number of ether oxygens (including phenoxy) is 1. The highest BCUT2D eigenvalue weighted by molar-refractivity contribution is 7.88. The average molecular weight is 389 g/mol. The first-order valence-corrected chi connectivity index (χ1v) is 10.2. The van der Waals surface area contributed by atoms with Gasteiger partial charge in [-0.1, -0.05) is 34.3 Å². The van der Waals surface area contributed by atoms with Crippen molar-refractivity contribution >= 4 is 16.1 Å². The topological polar surface area (TPSA) is 95.9 Å². The van der Waals surface area contributed by atoms with Gasteiger partial charge in [0.15, 0.2) is 0 Å². The zero-order chi connectivity index (χ0) is 20.3. The summed E-state index contributed by atoms with van der Waals surface area (Å²) in [6, 6.07) is 0. The summed E-state index contributed by atoms with van der Waals surface area (Å²) in [5, 5.41) is 9.98. The van der Waals surface area contributed by atoms with Gasteiger partial charge in [-0.25, -0.2) is 4.72 Å². The smallest absolute Gasteiger partial charge is 0.304 e. The van der Waals surface area contributed by atoms with Crippen LogP contribution in [0.2, 0.25) is 0 Å². The fourth-order valence-electron chi connectivity index (χ4n) is 2.03. The zero-order valence-corrected chi connectivity index (χ0v) is 17.2. The van der Waals surface area contributed by atoms with E-state index in [1.807, 2.05) is 18.6 Å². The highest BCUT2D eigenvalue weighted by Crippen LogP contribution is 2.12. The van der Waals surface area contributed by atoms with Gasteiger partial charge in [-0.2, -0.15) is 12.7 Å². The van der Waals surface area contributed by atoms with Crippen LogP contribution in [0.25, 0.3) is 0 Å². The van der Waals surface area contributed by atoms with Crippen molar-refractivity contribution in [2.45, 2.75) is 47.5 Å². The third-order valence-corrected chi connectivity index (χ3v) is 4.82. The fourth-order valence-corrected chi connectivity index (χ4v) is 3.16. The Morgan fingerprint density at radius 1 is 1.38 bits per heavy atom. The van der Waals surface area contributed by atoms with Crippen LogP contribution in [0.1, 0.15) is 47.5 Å². The van der Waals surface area contributed by atoms with Crippen molar-refractivity contribution in [2.24, 2.45) is 5.92 Å². The number of allylic oxidation sites excluding steroid dienone is 2. The van der Waals surface area contributed by atoms with E-state index in [1.165, 1.54) is 12.2 Å². The lowest BCUT2D eigenvalue weighted by Crippen LogP contribution is -2.31. The maximum absolute atomic E-state index is 11.6. The first kappa shape index (κ1) is 24.2. The second-order valence-electron chi connectivity index (χ2n) is 6.15. The third-order valence-electron chi connectivity index (χ3n) is 3.39. The van der Waals surface area contributed by atoms with Crippen molar-refractivity contribution in [2.75, 3.05) is 19.7 Å². The zero-order valence-electron chi connectivity index (χ0n) is 16.4. The number of amides is 1. The van der Waals surface area contributed by atoms with E-state index >= 15 is 0 Å². The Hall–Kier alpha value is -1.80. The highest BCUT2D eigenvalue weighted by atomic mass is 32.2. The summed E-state index contributed by atoms with van der Waals surface area (Å²) in [5.41, 5.74) is 0.416. The second kappa shape index (κ2) is 11.7. The molecule has 1 aliphatic heterocycles. The molecule has 0 radical (unpaired) electrons. The molecule has 0 unspecified atom stereocenters. The Morgan fingerprint density at radius 3 is 2.50 bits per heavy atom. The lowest BCUT2D eigenvalue weighted by Gasteiger charge is -2.13. The largest absolute Gasteiger partial charge is 0.508 e. The van der Waals surface area contributed by atoms with Gasteiger partial charge in [0.1, 0.15) is 11.5 Å². The summed E-state index contributed by atoms with van der Waals surface area (Å²) in [6.07, 6.45) is 4.92. The minimum absolute atomic E-state index is 0.0705. The van der Waals surface area contributed by atoms with Crippen LogP contribution in [0.5, 0.6) is 0 Å². The molecule has 0 spiro atoms. The lowest BCUT2D eigenvalue weighted by atomic mass is 10.1. The van der Waals surface area contributed by atoms with Crippen LogP contribution in [0.4, 0.5) is 0 Å². The predicted octanol–water partition coefficient (Wildman–Crippen LogP) is 3.04. The maximum atomic E-state index is 11.6. The molecule has 150 valence electrons. The van der Waals surface area contributed by atoms with Gasteiger partial charge >= 0.3 is 10.2 Å². The van der Waals surface area contributed by atoms with Crippen LogP contribution >= 0.6 is 0 Å². The van der Waals surface area contributed by atoms with E-state index in [9.17, 15) is 18.3 Å². The molecule has 0 bridgehead atoms. The molecule has 0 aromatic rings. The van der Waals surface area contributed by atoms with Crippen molar-refractivity contribution in [1.29, 1.82) is 0 Å². The van der Waals surface area contributed by atoms with Gasteiger partial charge in [-0.05, 0) is 43.4 Å². The average Bonchev–Trinajstić information content (AvgIpc) is 2.82. The Morgan fingerprint density at radius 2 is 2.00 bits per heavy atom.